The van der Waals surface area contributed by atoms with Crippen LogP contribution < -0.4 is 28.4 Å². The third kappa shape index (κ3) is 20.1. The number of halogens is 3. The molecule has 4 aliphatic rings. The molecule has 8 rings (SSSR count). The zero-order chi connectivity index (χ0) is 63.0. The van der Waals surface area contributed by atoms with Crippen LogP contribution in [0.2, 0.25) is 0 Å². The molecule has 0 amide bonds. The summed E-state index contributed by atoms with van der Waals surface area (Å²) >= 11 is 20.8. The number of aliphatic hydroxyl groups is 1. The zero-order valence-electron chi connectivity index (χ0n) is 47.9. The molecule has 6 atom stereocenters. The minimum absolute atomic E-state index is 0.0622. The topological polar surface area (TPSA) is 320 Å². The van der Waals surface area contributed by atoms with Crippen molar-refractivity contribution in [3.05, 3.63) is 82.9 Å². The number of rotatable bonds is 19. The number of alkyl halides is 3. The van der Waals surface area contributed by atoms with Crippen LogP contribution in [0.4, 0.5) is 0 Å². The minimum Gasteiger partial charge on any atom is -0.508 e. The second-order valence-electron chi connectivity index (χ2n) is 20.5. The molecule has 4 aromatic carbocycles. The van der Waals surface area contributed by atoms with Crippen molar-refractivity contribution in [1.29, 1.82) is 5.41 Å². The average Bonchev–Trinajstić information content (AvgIpc) is 3.12. The largest absolute Gasteiger partial charge is 0.508 e. The van der Waals surface area contributed by atoms with E-state index < -0.39 is 69.4 Å². The Morgan fingerprint density at radius 1 is 0.674 bits per heavy atom. The Morgan fingerprint density at radius 2 is 1.30 bits per heavy atom. The number of hydrogen-bond acceptors (Lipinski definition) is 24. The van der Waals surface area contributed by atoms with Gasteiger partial charge in [0, 0.05) is 69.2 Å². The smallest absolute Gasteiger partial charge is 0.308 e. The van der Waals surface area contributed by atoms with Gasteiger partial charge in [-0.3, -0.25) is 34.2 Å². The number of Topliss-reactive ketones (excluding diaryl/α,β-unsaturated/α-hetero) is 2. The number of fused-ring (bicyclic) bond motifs is 2. The van der Waals surface area contributed by atoms with E-state index in [1.54, 1.807) is 0 Å². The number of phenols is 4. The number of carbonyl (C=O) groups excluding carboxylic acids is 6. The predicted molar refractivity (Wildman–Crippen MR) is 318 cm³/mol. The molecule has 27 heteroatoms. The van der Waals surface area contributed by atoms with Crippen LogP contribution in [0.3, 0.4) is 0 Å². The van der Waals surface area contributed by atoms with Crippen molar-refractivity contribution < 1.29 is 102 Å². The third-order valence-electron chi connectivity index (χ3n) is 13.1. The second-order valence-corrected chi connectivity index (χ2v) is 26.7. The van der Waals surface area contributed by atoms with Crippen LogP contribution in [0, 0.1) is 5.41 Å². The van der Waals surface area contributed by atoms with Gasteiger partial charge in [0.1, 0.15) is 45.6 Å². The van der Waals surface area contributed by atoms with Crippen molar-refractivity contribution in [1.82, 2.24) is 0 Å². The fraction of sp³-hybridized carbons (Fsp3) is 0.475. The summed E-state index contributed by atoms with van der Waals surface area (Å²) in [4.78, 5) is 82.2. The van der Waals surface area contributed by atoms with Crippen LogP contribution in [0.5, 0.6) is 57.5 Å². The highest BCUT2D eigenvalue weighted by atomic mass is 35.6. The lowest BCUT2D eigenvalue weighted by atomic mass is 9.92. The molecule has 86 heavy (non-hydrogen) atoms. The molecule has 0 radical (unpaired) electrons. The van der Waals surface area contributed by atoms with E-state index in [2.05, 4.69) is 37.4 Å². The highest BCUT2D eigenvalue weighted by Crippen LogP contribution is 2.48. The van der Waals surface area contributed by atoms with Crippen molar-refractivity contribution in [3.63, 3.8) is 0 Å². The van der Waals surface area contributed by atoms with E-state index in [-0.39, 0.29) is 74.7 Å². The summed E-state index contributed by atoms with van der Waals surface area (Å²) in [6, 6.07) is 12.9. The SMILES string of the molecule is CC(=O)Oc1ccc(C2Oc3cc(O)cc(OC(C)=O)c3C(=O)C2OC(C)=O)cc1OC(C)=O.CC1(C)SCCC(CCCCCOC(=N)C(Cl)(Cl)Cl)S1.O=C1c2c(O)cc(OCCCCCC3CCOO3)cc2OC(c2ccc(O)c(O)c2)C1O. The molecule has 6 N–H and O–H groups in total. The Balaban J connectivity index is 0.000000214. The molecular formula is C59H68Cl3NO21S2. The number of benzene rings is 4. The van der Waals surface area contributed by atoms with Crippen LogP contribution in [-0.2, 0) is 38.4 Å². The second kappa shape index (κ2) is 31.5. The first-order chi connectivity index (χ1) is 40.6. The van der Waals surface area contributed by atoms with E-state index in [9.17, 15) is 54.3 Å². The highest BCUT2D eigenvalue weighted by Gasteiger charge is 2.44. The molecule has 0 spiro atoms. The molecule has 6 unspecified atom stereocenters. The van der Waals surface area contributed by atoms with Crippen LogP contribution in [-0.4, -0.2) is 124 Å². The van der Waals surface area contributed by atoms with E-state index in [0.717, 1.165) is 90.0 Å². The lowest BCUT2D eigenvalue weighted by molar-refractivity contribution is -0.275. The summed E-state index contributed by atoms with van der Waals surface area (Å²) in [5, 5.41) is 58.2. The first kappa shape index (κ1) is 68.7. The number of nitrogens with one attached hydrogen (secondary N) is 1. The fourth-order valence-electron chi connectivity index (χ4n) is 9.24. The number of esters is 4. The number of unbranched alkanes of at least 4 members (excludes halogenated alkanes) is 4. The fourth-order valence-corrected chi connectivity index (χ4v) is 12.7. The number of ketones is 2. The average molecular weight is 1300 g/mol. The number of aliphatic hydroxyl groups excluding tert-OH is 1. The summed E-state index contributed by atoms with van der Waals surface area (Å²) in [5.74, 6) is -4.99. The number of hydrogen-bond donors (Lipinski definition) is 6. The Hall–Kier alpha value is -6.38. The summed E-state index contributed by atoms with van der Waals surface area (Å²) in [7, 11) is 0. The van der Waals surface area contributed by atoms with Gasteiger partial charge in [-0.2, -0.15) is 0 Å². The molecule has 0 aliphatic carbocycles. The molecule has 0 saturated carbocycles. The van der Waals surface area contributed by atoms with E-state index in [1.807, 2.05) is 0 Å². The number of ether oxygens (including phenoxy) is 8. The van der Waals surface area contributed by atoms with Gasteiger partial charge in [-0.15, -0.1) is 23.5 Å². The molecule has 2 saturated heterocycles. The van der Waals surface area contributed by atoms with Gasteiger partial charge in [0.15, 0.2) is 41.3 Å². The van der Waals surface area contributed by atoms with Gasteiger partial charge in [0.25, 0.3) is 3.79 Å². The van der Waals surface area contributed by atoms with Gasteiger partial charge in [-0.05, 0) is 88.0 Å². The predicted octanol–water partition coefficient (Wildman–Crippen LogP) is 11.4. The molecular weight excluding hydrogens is 1230 g/mol. The summed E-state index contributed by atoms with van der Waals surface area (Å²) in [6.07, 6.45) is 5.06. The number of phenolic OH excluding ortho intramolecular Hbond substituents is 4. The van der Waals surface area contributed by atoms with Crippen molar-refractivity contribution >= 4 is 99.7 Å². The van der Waals surface area contributed by atoms with Crippen LogP contribution in [0.25, 0.3) is 0 Å². The van der Waals surface area contributed by atoms with Gasteiger partial charge >= 0.3 is 23.9 Å². The van der Waals surface area contributed by atoms with Crippen molar-refractivity contribution in [2.24, 2.45) is 0 Å². The van der Waals surface area contributed by atoms with Crippen LogP contribution in [0.1, 0.15) is 150 Å². The maximum atomic E-state index is 13.3. The lowest BCUT2D eigenvalue weighted by Gasteiger charge is -2.34. The van der Waals surface area contributed by atoms with Crippen LogP contribution >= 0.6 is 58.3 Å². The van der Waals surface area contributed by atoms with Gasteiger partial charge in [0.2, 0.25) is 23.6 Å². The Morgan fingerprint density at radius 3 is 1.94 bits per heavy atom. The molecule has 468 valence electrons. The van der Waals surface area contributed by atoms with Gasteiger partial charge < -0.3 is 63.4 Å². The Kier molecular flexibility index (Phi) is 25.2. The zero-order valence-corrected chi connectivity index (χ0v) is 51.8. The molecule has 0 bridgehead atoms. The molecule has 4 aromatic rings. The molecule has 22 nitrogen and oxygen atoms in total. The highest BCUT2D eigenvalue weighted by molar-refractivity contribution is 8.19. The van der Waals surface area contributed by atoms with Crippen molar-refractivity contribution in [3.8, 4) is 57.5 Å². The number of carbonyl (C=O) groups is 6. The third-order valence-corrected chi connectivity index (χ3v) is 16.7. The first-order valence-corrected chi connectivity index (χ1v) is 30.3. The van der Waals surface area contributed by atoms with E-state index in [4.69, 9.17) is 87.9 Å². The molecule has 4 aliphatic heterocycles. The van der Waals surface area contributed by atoms with Gasteiger partial charge in [-0.25, -0.2) is 9.78 Å². The maximum Gasteiger partial charge on any atom is 0.308 e. The van der Waals surface area contributed by atoms with Crippen molar-refractivity contribution in [2.75, 3.05) is 25.6 Å². The van der Waals surface area contributed by atoms with Crippen molar-refractivity contribution in [2.45, 2.75) is 149 Å². The summed E-state index contributed by atoms with van der Waals surface area (Å²) in [6.45, 7) is 10.6. The number of aromatic hydroxyl groups is 4. The minimum atomic E-state index is -1.73. The first-order valence-electron chi connectivity index (χ1n) is 27.3. The quantitative estimate of drug-likeness (QED) is 0.00742. The van der Waals surface area contributed by atoms with E-state index in [0.29, 0.717) is 35.2 Å². The maximum absolute atomic E-state index is 13.3. The van der Waals surface area contributed by atoms with E-state index >= 15 is 0 Å². The lowest BCUT2D eigenvalue weighted by Crippen LogP contribution is -2.40. The monoisotopic (exact) mass is 1300 g/mol. The van der Waals surface area contributed by atoms with Gasteiger partial charge in [-0.1, -0.05) is 66.2 Å². The molecule has 4 heterocycles. The normalized spacial score (nSPS) is 20.1. The molecule has 0 aromatic heterocycles. The van der Waals surface area contributed by atoms with E-state index in [1.165, 1.54) is 73.5 Å². The molecule has 2 fully saturated rings. The standard InChI is InChI=1S/C23H20O11.C23H26O9.C13H22Cl3NOS2/c1-10(24)30-16-6-5-14(7-17(16)31-11(2)25)22-23(33-13(4)27)21(29)20-18(32-12(3)26)8-15(28)9-19(20)34-22;24-16-6-5-13(10-17(16)25)23-22(28)21(27)20-18(26)11-15(12-19(20)31-23)29-8-3-1-2-4-14-7-9-30-32-14;1-12(2)19-9-7-10(20-12)6-4-3-5-8-18-11(17)13(14,15)16/h5-9,22-23,28H,1-4H3;5-6,10-12,14,22-26,28H,1-4,7-9H2;10,17H,3-9H2,1-2H3. The van der Waals surface area contributed by atoms with Gasteiger partial charge in [0.05, 0.1) is 30.0 Å². The van der Waals surface area contributed by atoms with Crippen LogP contribution in [0.15, 0.2) is 60.7 Å². The summed E-state index contributed by atoms with van der Waals surface area (Å²) in [5.41, 5.74) is 0.194. The summed E-state index contributed by atoms with van der Waals surface area (Å²) < 4.78 is 41.5. The Labute approximate surface area is 519 Å². The Bertz CT molecular complexity index is 3100. The number of thioether (sulfide) groups is 2.